The minimum absolute atomic E-state index is 0.0215. The molecule has 4 rings (SSSR count). The number of carbonyl (C=O) groups excluding carboxylic acids is 2. The fourth-order valence-electron chi connectivity index (χ4n) is 3.71. The lowest BCUT2D eigenvalue weighted by molar-refractivity contribution is -0.121. The van der Waals surface area contributed by atoms with Crippen LogP contribution in [0.5, 0.6) is 0 Å². The van der Waals surface area contributed by atoms with Gasteiger partial charge in [-0.3, -0.25) is 4.79 Å². The summed E-state index contributed by atoms with van der Waals surface area (Å²) >= 11 is 0. The zero-order chi connectivity index (χ0) is 18.6. The molecule has 1 aromatic heterocycles. The quantitative estimate of drug-likeness (QED) is 0.900. The summed E-state index contributed by atoms with van der Waals surface area (Å²) in [6, 6.07) is 7.57. The van der Waals surface area contributed by atoms with Crippen molar-refractivity contribution in [3.05, 3.63) is 36.7 Å². The van der Waals surface area contributed by atoms with Crippen LogP contribution >= 0.6 is 0 Å². The smallest absolute Gasteiger partial charge is 0.319 e. The summed E-state index contributed by atoms with van der Waals surface area (Å²) in [4.78, 5) is 30.3. The minimum Gasteiger partial charge on any atom is -0.326 e. The van der Waals surface area contributed by atoms with E-state index in [-0.39, 0.29) is 17.9 Å². The first-order chi connectivity index (χ1) is 13.2. The third-order valence-electron chi connectivity index (χ3n) is 5.30. The van der Waals surface area contributed by atoms with Crippen molar-refractivity contribution in [2.24, 2.45) is 5.92 Å². The fraction of sp³-hybridized carbons (Fsp3) is 0.474. The van der Waals surface area contributed by atoms with Crippen LogP contribution in [0.2, 0.25) is 0 Å². The molecule has 0 unspecified atom stereocenters. The minimum atomic E-state index is -0.0555. The van der Waals surface area contributed by atoms with Gasteiger partial charge in [-0.2, -0.15) is 15.0 Å². The Hall–Kier alpha value is -2.90. The first kappa shape index (κ1) is 17.5. The predicted molar refractivity (Wildman–Crippen MR) is 100 cm³/mol. The number of amides is 3. The molecule has 8 nitrogen and oxygen atoms in total. The summed E-state index contributed by atoms with van der Waals surface area (Å²) in [7, 11) is 0. The fourth-order valence-corrected chi connectivity index (χ4v) is 3.71. The van der Waals surface area contributed by atoms with Crippen LogP contribution in [0.25, 0.3) is 5.69 Å². The maximum atomic E-state index is 12.6. The molecule has 0 atom stereocenters. The average Bonchev–Trinajstić information content (AvgIpc) is 3.42. The number of nitrogens with one attached hydrogen (secondary N) is 1. The third-order valence-corrected chi connectivity index (χ3v) is 5.30. The normalized spacial score (nSPS) is 17.9. The highest BCUT2D eigenvalue weighted by molar-refractivity contribution is 5.92. The van der Waals surface area contributed by atoms with E-state index < -0.39 is 0 Å². The van der Waals surface area contributed by atoms with Gasteiger partial charge < -0.3 is 15.1 Å². The Labute approximate surface area is 158 Å². The maximum absolute atomic E-state index is 12.6. The Bertz CT molecular complexity index is 775. The first-order valence-electron chi connectivity index (χ1n) is 9.52. The second kappa shape index (κ2) is 7.77. The Morgan fingerprint density at radius 2 is 1.48 bits per heavy atom. The molecule has 2 aliphatic rings. The molecule has 1 N–H and O–H groups in total. The van der Waals surface area contributed by atoms with Crippen LogP contribution in [0, 0.1) is 5.92 Å². The van der Waals surface area contributed by atoms with Gasteiger partial charge in [0, 0.05) is 37.8 Å². The number of carbonyl (C=O) groups is 2. The second-order valence-corrected chi connectivity index (χ2v) is 7.09. The summed E-state index contributed by atoms with van der Waals surface area (Å²) in [5.41, 5.74) is 1.60. The molecule has 8 heteroatoms. The average molecular weight is 368 g/mol. The highest BCUT2D eigenvalue weighted by Gasteiger charge is 2.30. The highest BCUT2D eigenvalue weighted by Crippen LogP contribution is 2.22. The van der Waals surface area contributed by atoms with Crippen molar-refractivity contribution in [3.8, 4) is 5.69 Å². The zero-order valence-electron chi connectivity index (χ0n) is 15.3. The van der Waals surface area contributed by atoms with Crippen molar-refractivity contribution in [3.63, 3.8) is 0 Å². The van der Waals surface area contributed by atoms with Crippen molar-refractivity contribution in [1.29, 1.82) is 0 Å². The molecule has 0 radical (unpaired) electrons. The van der Waals surface area contributed by atoms with Gasteiger partial charge in [0.05, 0.1) is 18.1 Å². The number of aromatic nitrogens is 3. The van der Waals surface area contributed by atoms with E-state index in [1.807, 2.05) is 34.1 Å². The molecule has 0 bridgehead atoms. The Kier molecular flexibility index (Phi) is 5.04. The summed E-state index contributed by atoms with van der Waals surface area (Å²) < 4.78 is 0. The number of benzene rings is 1. The van der Waals surface area contributed by atoms with Crippen LogP contribution in [0.15, 0.2) is 36.7 Å². The molecule has 2 aliphatic heterocycles. The van der Waals surface area contributed by atoms with E-state index >= 15 is 0 Å². The topological polar surface area (TPSA) is 83.4 Å². The number of rotatable bonds is 3. The number of likely N-dealkylation sites (tertiary alicyclic amines) is 2. The van der Waals surface area contributed by atoms with Crippen LogP contribution in [-0.2, 0) is 4.79 Å². The van der Waals surface area contributed by atoms with Gasteiger partial charge in [0.1, 0.15) is 0 Å². The van der Waals surface area contributed by atoms with Crippen LogP contribution in [0.1, 0.15) is 25.7 Å². The molecule has 1 aromatic carbocycles. The van der Waals surface area contributed by atoms with Crippen LogP contribution < -0.4 is 5.32 Å². The van der Waals surface area contributed by atoms with Crippen molar-refractivity contribution in [2.45, 2.75) is 25.7 Å². The van der Waals surface area contributed by atoms with Crippen molar-refractivity contribution < 1.29 is 9.59 Å². The number of anilines is 1. The summed E-state index contributed by atoms with van der Waals surface area (Å²) in [5, 5.41) is 11.1. The van der Waals surface area contributed by atoms with E-state index in [0.29, 0.717) is 25.9 Å². The highest BCUT2D eigenvalue weighted by atomic mass is 16.2. The van der Waals surface area contributed by atoms with Gasteiger partial charge in [0.15, 0.2) is 0 Å². The Balaban J connectivity index is 1.28. The molecular formula is C19H24N6O2. The van der Waals surface area contributed by atoms with Gasteiger partial charge in [0.2, 0.25) is 5.91 Å². The molecule has 142 valence electrons. The van der Waals surface area contributed by atoms with Crippen LogP contribution in [0.3, 0.4) is 0 Å². The van der Waals surface area contributed by atoms with Crippen molar-refractivity contribution >= 4 is 17.6 Å². The predicted octanol–water partition coefficient (Wildman–Crippen LogP) is 2.13. The van der Waals surface area contributed by atoms with Gasteiger partial charge in [-0.05, 0) is 49.9 Å². The van der Waals surface area contributed by atoms with E-state index in [4.69, 9.17) is 0 Å². The van der Waals surface area contributed by atoms with Gasteiger partial charge in [0.25, 0.3) is 0 Å². The lowest BCUT2D eigenvalue weighted by Gasteiger charge is -2.34. The number of nitrogens with zero attached hydrogens (tertiary/aromatic N) is 5. The molecule has 27 heavy (non-hydrogen) atoms. The monoisotopic (exact) mass is 368 g/mol. The second-order valence-electron chi connectivity index (χ2n) is 7.09. The molecule has 3 heterocycles. The standard InChI is InChI=1S/C19H24N6O2/c26-18(22-16-3-5-17(6-4-16)25-20-9-10-21-25)15-7-13-24(14-8-15)19(27)23-11-1-2-12-23/h3-6,9-10,15H,1-2,7-8,11-14H2,(H,22,26). The molecule has 2 saturated heterocycles. The van der Waals surface area contributed by atoms with Gasteiger partial charge in [-0.15, -0.1) is 0 Å². The number of urea groups is 1. The van der Waals surface area contributed by atoms with E-state index in [1.54, 1.807) is 12.4 Å². The molecule has 0 saturated carbocycles. The number of hydrogen-bond donors (Lipinski definition) is 1. The zero-order valence-corrected chi connectivity index (χ0v) is 15.3. The summed E-state index contributed by atoms with van der Waals surface area (Å²) in [5.74, 6) is -0.0340. The molecule has 2 aromatic rings. The molecule has 3 amide bonds. The molecule has 0 aliphatic carbocycles. The van der Waals surface area contributed by atoms with Gasteiger partial charge in [-0.25, -0.2) is 4.79 Å². The van der Waals surface area contributed by atoms with E-state index in [9.17, 15) is 9.59 Å². The molecule has 2 fully saturated rings. The van der Waals surface area contributed by atoms with Gasteiger partial charge >= 0.3 is 6.03 Å². The Morgan fingerprint density at radius 1 is 0.889 bits per heavy atom. The van der Waals surface area contributed by atoms with Crippen molar-refractivity contribution in [1.82, 2.24) is 24.8 Å². The maximum Gasteiger partial charge on any atom is 0.319 e. The number of piperidine rings is 1. The lowest BCUT2D eigenvalue weighted by atomic mass is 9.96. The first-order valence-corrected chi connectivity index (χ1v) is 9.52. The number of hydrogen-bond acceptors (Lipinski definition) is 4. The summed E-state index contributed by atoms with van der Waals surface area (Å²) in [6.07, 6.45) is 6.86. The van der Waals surface area contributed by atoms with E-state index in [0.717, 1.165) is 37.3 Å². The van der Waals surface area contributed by atoms with Gasteiger partial charge in [-0.1, -0.05) is 0 Å². The Morgan fingerprint density at radius 3 is 2.11 bits per heavy atom. The largest absolute Gasteiger partial charge is 0.326 e. The molecular weight excluding hydrogens is 344 g/mol. The van der Waals surface area contributed by atoms with Crippen LogP contribution in [0.4, 0.5) is 10.5 Å². The SMILES string of the molecule is O=C(Nc1ccc(-n2nccn2)cc1)C1CCN(C(=O)N2CCCC2)CC1. The van der Waals surface area contributed by atoms with Crippen molar-refractivity contribution in [2.75, 3.05) is 31.5 Å². The lowest BCUT2D eigenvalue weighted by Crippen LogP contribution is -2.47. The summed E-state index contributed by atoms with van der Waals surface area (Å²) in [6.45, 7) is 3.03. The van der Waals surface area contributed by atoms with Crippen LogP contribution in [-0.4, -0.2) is 62.9 Å². The van der Waals surface area contributed by atoms with E-state index in [1.165, 1.54) is 4.80 Å². The molecule has 0 spiro atoms. The van der Waals surface area contributed by atoms with E-state index in [2.05, 4.69) is 15.5 Å². The third kappa shape index (κ3) is 3.94.